The topological polar surface area (TPSA) is 68.0 Å². The fourth-order valence-electron chi connectivity index (χ4n) is 1.48. The third kappa shape index (κ3) is 3.19. The molecule has 1 amide bonds. The van der Waals surface area contributed by atoms with Gasteiger partial charge in [-0.3, -0.25) is 4.79 Å². The highest BCUT2D eigenvalue weighted by molar-refractivity contribution is 7.09. The Morgan fingerprint density at radius 1 is 1.58 bits per heavy atom. The zero-order chi connectivity index (χ0) is 13.8. The number of terminal acetylenes is 1. The first-order valence-electron chi connectivity index (χ1n) is 5.69. The van der Waals surface area contributed by atoms with E-state index in [9.17, 15) is 4.79 Å². The van der Waals surface area contributed by atoms with E-state index in [1.807, 2.05) is 6.92 Å². The Kier molecular flexibility index (Phi) is 3.95. The van der Waals surface area contributed by atoms with Crippen molar-refractivity contribution in [2.45, 2.75) is 13.0 Å². The molecule has 96 valence electrons. The average Bonchev–Trinajstić information content (AvgIpc) is 2.89. The van der Waals surface area contributed by atoms with Crippen molar-refractivity contribution in [3.05, 3.63) is 45.9 Å². The minimum Gasteiger partial charge on any atom is -0.322 e. The molecule has 0 saturated heterocycles. The average molecular weight is 271 g/mol. The molecule has 0 radical (unpaired) electrons. The minimum atomic E-state index is -0.266. The van der Waals surface area contributed by atoms with E-state index in [2.05, 4.69) is 16.2 Å². The fourth-order valence-corrected chi connectivity index (χ4v) is 2.24. The normalized spacial score (nSPS) is 11.6. The van der Waals surface area contributed by atoms with Gasteiger partial charge in [-0.2, -0.15) is 0 Å². The highest BCUT2D eigenvalue weighted by Crippen LogP contribution is 2.17. The maximum atomic E-state index is 12.0. The van der Waals surface area contributed by atoms with Crippen LogP contribution in [0.25, 0.3) is 0 Å². The van der Waals surface area contributed by atoms with E-state index in [1.165, 1.54) is 11.3 Å². The molecule has 1 aromatic carbocycles. The summed E-state index contributed by atoms with van der Waals surface area (Å²) < 4.78 is 0. The van der Waals surface area contributed by atoms with Gasteiger partial charge in [-0.25, -0.2) is 4.98 Å². The first-order chi connectivity index (χ1) is 9.10. The predicted octanol–water partition coefficient (Wildman–Crippen LogP) is 2.40. The number of nitrogens with zero attached hydrogens (tertiary/aromatic N) is 1. The van der Waals surface area contributed by atoms with Crippen LogP contribution in [-0.4, -0.2) is 10.9 Å². The molecule has 1 atom stereocenters. The number of hydrogen-bond acceptors (Lipinski definition) is 4. The maximum absolute atomic E-state index is 12.0. The molecule has 0 spiro atoms. The summed E-state index contributed by atoms with van der Waals surface area (Å²) >= 11 is 1.37. The standard InChI is InChI=1S/C14H13N3OS/c1-3-10-5-4-6-11(7-10)16-13(18)12-8-19-14(17-12)9(2)15/h1,4-9H,15H2,2H3,(H,16,18). The Bertz CT molecular complexity index is 640. The first kappa shape index (κ1) is 13.3. The van der Waals surface area contributed by atoms with Gasteiger partial charge >= 0.3 is 0 Å². The molecule has 0 aliphatic heterocycles. The second-order valence-corrected chi connectivity index (χ2v) is 4.93. The molecular weight excluding hydrogens is 258 g/mol. The zero-order valence-corrected chi connectivity index (χ0v) is 11.2. The molecule has 0 aliphatic rings. The molecule has 2 rings (SSSR count). The van der Waals surface area contributed by atoms with Crippen LogP contribution in [-0.2, 0) is 0 Å². The van der Waals surface area contributed by atoms with Crippen LogP contribution in [0.1, 0.15) is 34.0 Å². The smallest absolute Gasteiger partial charge is 0.275 e. The van der Waals surface area contributed by atoms with Gasteiger partial charge in [0.15, 0.2) is 0 Å². The molecular formula is C14H13N3OS. The van der Waals surface area contributed by atoms with Crippen LogP contribution in [0.2, 0.25) is 0 Å². The number of hydrogen-bond donors (Lipinski definition) is 2. The van der Waals surface area contributed by atoms with Gasteiger partial charge in [-0.1, -0.05) is 12.0 Å². The van der Waals surface area contributed by atoms with Crippen molar-refractivity contribution in [1.82, 2.24) is 4.98 Å². The molecule has 0 aliphatic carbocycles. The number of nitrogens with one attached hydrogen (secondary N) is 1. The van der Waals surface area contributed by atoms with Gasteiger partial charge in [0.2, 0.25) is 0 Å². The predicted molar refractivity (Wildman–Crippen MR) is 77.0 cm³/mol. The van der Waals surface area contributed by atoms with Gasteiger partial charge in [0.05, 0.1) is 6.04 Å². The molecule has 4 nitrogen and oxygen atoms in total. The molecule has 19 heavy (non-hydrogen) atoms. The molecule has 0 bridgehead atoms. The summed E-state index contributed by atoms with van der Waals surface area (Å²) in [7, 11) is 0. The monoisotopic (exact) mass is 271 g/mol. The number of amides is 1. The van der Waals surface area contributed by atoms with Gasteiger partial charge in [0, 0.05) is 16.6 Å². The Balaban J connectivity index is 2.14. The molecule has 3 N–H and O–H groups in total. The molecule has 2 aromatic rings. The van der Waals surface area contributed by atoms with Crippen molar-refractivity contribution >= 4 is 22.9 Å². The van der Waals surface area contributed by atoms with Crippen LogP contribution in [0, 0.1) is 12.3 Å². The SMILES string of the molecule is C#Cc1cccc(NC(=O)c2csc(C(C)N)n2)c1. The van der Waals surface area contributed by atoms with E-state index < -0.39 is 0 Å². The molecule has 0 saturated carbocycles. The lowest BCUT2D eigenvalue weighted by Gasteiger charge is -2.03. The summed E-state index contributed by atoms with van der Waals surface area (Å²) in [5.74, 6) is 2.25. The number of anilines is 1. The lowest BCUT2D eigenvalue weighted by Crippen LogP contribution is -2.13. The van der Waals surface area contributed by atoms with E-state index >= 15 is 0 Å². The van der Waals surface area contributed by atoms with E-state index in [1.54, 1.807) is 29.6 Å². The molecule has 1 heterocycles. The van der Waals surface area contributed by atoms with Gasteiger partial charge < -0.3 is 11.1 Å². The van der Waals surface area contributed by atoms with Crippen LogP contribution >= 0.6 is 11.3 Å². The molecule has 1 aromatic heterocycles. The summed E-state index contributed by atoms with van der Waals surface area (Å²) in [5.41, 5.74) is 7.44. The lowest BCUT2D eigenvalue weighted by atomic mass is 10.2. The summed E-state index contributed by atoms with van der Waals surface area (Å²) in [6.45, 7) is 1.83. The molecule has 1 unspecified atom stereocenters. The third-order valence-corrected chi connectivity index (χ3v) is 3.48. The summed E-state index contributed by atoms with van der Waals surface area (Å²) in [4.78, 5) is 16.2. The zero-order valence-electron chi connectivity index (χ0n) is 10.4. The fraction of sp³-hybridized carbons (Fsp3) is 0.143. The van der Waals surface area contributed by atoms with Crippen molar-refractivity contribution in [2.24, 2.45) is 5.73 Å². The van der Waals surface area contributed by atoms with Crippen molar-refractivity contribution < 1.29 is 4.79 Å². The second-order valence-electron chi connectivity index (χ2n) is 4.04. The van der Waals surface area contributed by atoms with Crippen molar-refractivity contribution in [3.63, 3.8) is 0 Å². The van der Waals surface area contributed by atoms with Crippen molar-refractivity contribution in [1.29, 1.82) is 0 Å². The molecule has 5 heteroatoms. The summed E-state index contributed by atoms with van der Waals surface area (Å²) in [6.07, 6.45) is 5.31. The largest absolute Gasteiger partial charge is 0.322 e. The van der Waals surface area contributed by atoms with Crippen LogP contribution in [0.3, 0.4) is 0 Å². The third-order valence-electron chi connectivity index (χ3n) is 2.43. The van der Waals surface area contributed by atoms with Crippen LogP contribution in [0.5, 0.6) is 0 Å². The Morgan fingerprint density at radius 2 is 2.37 bits per heavy atom. The number of carbonyl (C=O) groups is 1. The summed E-state index contributed by atoms with van der Waals surface area (Å²) in [6, 6.07) is 6.93. The van der Waals surface area contributed by atoms with Crippen LogP contribution < -0.4 is 11.1 Å². The number of rotatable bonds is 3. The summed E-state index contributed by atoms with van der Waals surface area (Å²) in [5, 5.41) is 5.19. The van der Waals surface area contributed by atoms with E-state index in [-0.39, 0.29) is 11.9 Å². The van der Waals surface area contributed by atoms with Crippen LogP contribution in [0.15, 0.2) is 29.6 Å². The van der Waals surface area contributed by atoms with Crippen molar-refractivity contribution in [3.8, 4) is 12.3 Å². The first-order valence-corrected chi connectivity index (χ1v) is 6.57. The maximum Gasteiger partial charge on any atom is 0.275 e. The lowest BCUT2D eigenvalue weighted by molar-refractivity contribution is 0.102. The number of thiazole rings is 1. The van der Waals surface area contributed by atoms with E-state index in [4.69, 9.17) is 12.2 Å². The van der Waals surface area contributed by atoms with E-state index in [0.717, 1.165) is 5.01 Å². The Hall–Kier alpha value is -2.16. The number of nitrogens with two attached hydrogens (primary N) is 1. The van der Waals surface area contributed by atoms with Gasteiger partial charge in [0.1, 0.15) is 10.7 Å². The van der Waals surface area contributed by atoms with Crippen LogP contribution in [0.4, 0.5) is 5.69 Å². The van der Waals surface area contributed by atoms with Gasteiger partial charge in [-0.05, 0) is 25.1 Å². The Morgan fingerprint density at radius 3 is 3.00 bits per heavy atom. The number of aromatic nitrogens is 1. The Labute approximate surface area is 115 Å². The minimum absolute atomic E-state index is 0.170. The molecule has 0 fully saturated rings. The second kappa shape index (κ2) is 5.65. The highest BCUT2D eigenvalue weighted by atomic mass is 32.1. The number of carbonyl (C=O) groups excluding carboxylic acids is 1. The quantitative estimate of drug-likeness (QED) is 0.842. The van der Waals surface area contributed by atoms with Gasteiger partial charge in [-0.15, -0.1) is 17.8 Å². The van der Waals surface area contributed by atoms with E-state index in [0.29, 0.717) is 16.9 Å². The van der Waals surface area contributed by atoms with Gasteiger partial charge in [0.25, 0.3) is 5.91 Å². The highest BCUT2D eigenvalue weighted by Gasteiger charge is 2.12. The number of benzene rings is 1. The van der Waals surface area contributed by atoms with Crippen molar-refractivity contribution in [2.75, 3.05) is 5.32 Å².